The standard InChI is InChI=1S/C13H15F2NO.ClH/c14-13(15)6-11(13)8-17-12-2-1-10-7-16-4-3-9(10)5-12;/h1-2,5,11,16H,3-4,6-8H2;1H/t11-;/m1./s1. The van der Waals surface area contributed by atoms with Crippen molar-refractivity contribution in [1.29, 1.82) is 0 Å². The molecule has 1 N–H and O–H groups in total. The summed E-state index contributed by atoms with van der Waals surface area (Å²) in [5, 5.41) is 3.29. The van der Waals surface area contributed by atoms with Gasteiger partial charge in [0.1, 0.15) is 5.75 Å². The molecule has 18 heavy (non-hydrogen) atoms. The minimum atomic E-state index is -2.49. The van der Waals surface area contributed by atoms with E-state index < -0.39 is 11.8 Å². The van der Waals surface area contributed by atoms with Crippen LogP contribution in [-0.2, 0) is 13.0 Å². The van der Waals surface area contributed by atoms with Crippen molar-refractivity contribution in [3.63, 3.8) is 0 Å². The molecule has 0 aromatic heterocycles. The molecule has 1 fully saturated rings. The molecule has 0 bridgehead atoms. The van der Waals surface area contributed by atoms with E-state index in [0.717, 1.165) is 19.5 Å². The smallest absolute Gasteiger partial charge is 0.255 e. The number of hydrogen-bond donors (Lipinski definition) is 1. The van der Waals surface area contributed by atoms with Crippen LogP contribution in [0.3, 0.4) is 0 Å². The lowest BCUT2D eigenvalue weighted by Crippen LogP contribution is -2.23. The van der Waals surface area contributed by atoms with Gasteiger partial charge < -0.3 is 10.1 Å². The third kappa shape index (κ3) is 2.75. The third-order valence-corrected chi connectivity index (χ3v) is 3.47. The average Bonchev–Trinajstić information content (AvgIpc) is 2.94. The molecule has 0 spiro atoms. The molecule has 2 nitrogen and oxygen atoms in total. The van der Waals surface area contributed by atoms with Crippen molar-refractivity contribution in [2.45, 2.75) is 25.3 Å². The summed E-state index contributed by atoms with van der Waals surface area (Å²) in [5.74, 6) is -2.36. The second-order valence-electron chi connectivity index (χ2n) is 4.83. The van der Waals surface area contributed by atoms with Crippen molar-refractivity contribution in [2.24, 2.45) is 5.92 Å². The van der Waals surface area contributed by atoms with Gasteiger partial charge in [0.25, 0.3) is 5.92 Å². The lowest BCUT2D eigenvalue weighted by Gasteiger charge is -2.18. The van der Waals surface area contributed by atoms with Gasteiger partial charge in [-0.25, -0.2) is 8.78 Å². The van der Waals surface area contributed by atoms with Crippen molar-refractivity contribution in [3.8, 4) is 5.75 Å². The van der Waals surface area contributed by atoms with Gasteiger partial charge in [0, 0.05) is 13.0 Å². The van der Waals surface area contributed by atoms with Crippen LogP contribution in [0.15, 0.2) is 18.2 Å². The summed E-state index contributed by atoms with van der Waals surface area (Å²) < 4.78 is 30.8. The number of ether oxygens (including phenoxy) is 1. The summed E-state index contributed by atoms with van der Waals surface area (Å²) in [5.41, 5.74) is 2.55. The van der Waals surface area contributed by atoms with E-state index in [1.807, 2.05) is 18.2 Å². The minimum absolute atomic E-state index is 0. The fourth-order valence-corrected chi connectivity index (χ4v) is 2.19. The number of hydrogen-bond acceptors (Lipinski definition) is 2. The summed E-state index contributed by atoms with van der Waals surface area (Å²) in [7, 11) is 0. The number of fused-ring (bicyclic) bond motifs is 1. The maximum Gasteiger partial charge on any atom is 0.255 e. The van der Waals surface area contributed by atoms with Crippen molar-refractivity contribution < 1.29 is 13.5 Å². The van der Waals surface area contributed by atoms with Crippen molar-refractivity contribution in [1.82, 2.24) is 5.32 Å². The van der Waals surface area contributed by atoms with Gasteiger partial charge in [0.15, 0.2) is 0 Å². The summed E-state index contributed by atoms with van der Waals surface area (Å²) in [4.78, 5) is 0. The Morgan fingerprint density at radius 1 is 1.33 bits per heavy atom. The Morgan fingerprint density at radius 2 is 2.11 bits per heavy atom. The van der Waals surface area contributed by atoms with Gasteiger partial charge in [-0.1, -0.05) is 6.07 Å². The van der Waals surface area contributed by atoms with Gasteiger partial charge in [-0.2, -0.15) is 0 Å². The highest BCUT2D eigenvalue weighted by atomic mass is 35.5. The third-order valence-electron chi connectivity index (χ3n) is 3.47. The van der Waals surface area contributed by atoms with Gasteiger partial charge in [-0.05, 0) is 36.2 Å². The Hall–Kier alpha value is -0.870. The highest BCUT2D eigenvalue weighted by molar-refractivity contribution is 5.85. The molecule has 1 aliphatic heterocycles. The average molecular weight is 276 g/mol. The molecule has 100 valence electrons. The molecule has 0 saturated heterocycles. The number of halogens is 3. The first kappa shape index (κ1) is 13.6. The Labute approximate surface area is 111 Å². The van der Waals surface area contributed by atoms with Gasteiger partial charge in [0.2, 0.25) is 0 Å². The monoisotopic (exact) mass is 275 g/mol. The fraction of sp³-hybridized carbons (Fsp3) is 0.538. The first-order valence-electron chi connectivity index (χ1n) is 5.98. The van der Waals surface area contributed by atoms with Crippen LogP contribution in [-0.4, -0.2) is 19.1 Å². The van der Waals surface area contributed by atoms with Gasteiger partial charge in [-0.3, -0.25) is 0 Å². The van der Waals surface area contributed by atoms with Crippen LogP contribution in [0, 0.1) is 5.92 Å². The summed E-state index contributed by atoms with van der Waals surface area (Å²) in [6.45, 7) is 1.98. The second kappa shape index (κ2) is 5.02. The molecule has 1 aromatic rings. The van der Waals surface area contributed by atoms with Gasteiger partial charge in [-0.15, -0.1) is 12.4 Å². The largest absolute Gasteiger partial charge is 0.493 e. The lowest BCUT2D eigenvalue weighted by atomic mass is 10.0. The fourth-order valence-electron chi connectivity index (χ4n) is 2.19. The topological polar surface area (TPSA) is 21.3 Å². The predicted octanol–water partition coefficient (Wildman–Crippen LogP) is 2.79. The normalized spacial score (nSPS) is 23.8. The summed E-state index contributed by atoms with van der Waals surface area (Å²) in [6, 6.07) is 5.87. The quantitative estimate of drug-likeness (QED) is 0.916. The first-order chi connectivity index (χ1) is 8.15. The van der Waals surface area contributed by atoms with Crippen LogP contribution in [0.1, 0.15) is 17.5 Å². The van der Waals surface area contributed by atoms with E-state index in [1.165, 1.54) is 11.1 Å². The molecule has 1 aromatic carbocycles. The Bertz CT molecular complexity index is 439. The SMILES string of the molecule is Cl.FC1(F)C[C@@H]1COc1ccc2c(c1)CCNC2. The molecule has 1 saturated carbocycles. The van der Waals surface area contributed by atoms with E-state index in [2.05, 4.69) is 5.32 Å². The maximum atomic E-state index is 12.7. The zero-order valence-electron chi connectivity index (χ0n) is 9.92. The molecule has 1 aliphatic carbocycles. The van der Waals surface area contributed by atoms with Crippen LogP contribution in [0.5, 0.6) is 5.75 Å². The molecule has 3 rings (SSSR count). The molecule has 2 aliphatic rings. The second-order valence-corrected chi connectivity index (χ2v) is 4.83. The number of alkyl halides is 2. The first-order valence-corrected chi connectivity index (χ1v) is 5.98. The van der Waals surface area contributed by atoms with E-state index in [9.17, 15) is 8.78 Å². The van der Waals surface area contributed by atoms with E-state index in [0.29, 0.717) is 5.75 Å². The molecule has 1 atom stereocenters. The molecule has 5 heteroatoms. The number of benzene rings is 1. The van der Waals surface area contributed by atoms with E-state index in [1.54, 1.807) is 0 Å². The van der Waals surface area contributed by atoms with E-state index in [4.69, 9.17) is 4.74 Å². The highest BCUT2D eigenvalue weighted by Crippen LogP contribution is 2.48. The molecule has 1 heterocycles. The zero-order valence-corrected chi connectivity index (χ0v) is 10.7. The van der Waals surface area contributed by atoms with Crippen molar-refractivity contribution >= 4 is 12.4 Å². The van der Waals surface area contributed by atoms with Gasteiger partial charge in [0.05, 0.1) is 12.5 Å². The Kier molecular flexibility index (Phi) is 3.78. The Balaban J connectivity index is 0.00000120. The van der Waals surface area contributed by atoms with E-state index >= 15 is 0 Å². The molecule has 0 amide bonds. The minimum Gasteiger partial charge on any atom is -0.493 e. The number of rotatable bonds is 3. The summed E-state index contributed by atoms with van der Waals surface area (Å²) in [6.07, 6.45) is 0.952. The zero-order chi connectivity index (χ0) is 11.9. The summed E-state index contributed by atoms with van der Waals surface area (Å²) >= 11 is 0. The molecule has 0 radical (unpaired) electrons. The van der Waals surface area contributed by atoms with Crippen LogP contribution in [0.4, 0.5) is 8.78 Å². The highest BCUT2D eigenvalue weighted by Gasteiger charge is 2.57. The van der Waals surface area contributed by atoms with Crippen molar-refractivity contribution in [2.75, 3.05) is 13.2 Å². The van der Waals surface area contributed by atoms with Crippen LogP contribution < -0.4 is 10.1 Å². The molecular formula is C13H16ClF2NO. The van der Waals surface area contributed by atoms with Crippen LogP contribution in [0.25, 0.3) is 0 Å². The Morgan fingerprint density at radius 3 is 2.83 bits per heavy atom. The van der Waals surface area contributed by atoms with Gasteiger partial charge >= 0.3 is 0 Å². The predicted molar refractivity (Wildman–Crippen MR) is 67.6 cm³/mol. The molecular weight excluding hydrogens is 260 g/mol. The van der Waals surface area contributed by atoms with Crippen LogP contribution >= 0.6 is 12.4 Å². The van der Waals surface area contributed by atoms with E-state index in [-0.39, 0.29) is 25.4 Å². The lowest BCUT2D eigenvalue weighted by molar-refractivity contribution is 0.0856. The maximum absolute atomic E-state index is 12.7. The number of nitrogens with one attached hydrogen (secondary N) is 1. The molecule has 0 unspecified atom stereocenters. The van der Waals surface area contributed by atoms with Crippen LogP contribution in [0.2, 0.25) is 0 Å². The van der Waals surface area contributed by atoms with Crippen molar-refractivity contribution in [3.05, 3.63) is 29.3 Å².